The van der Waals surface area contributed by atoms with Crippen LogP contribution in [0.3, 0.4) is 0 Å². The maximum Gasteiger partial charge on any atom is 0.0919 e. The third-order valence-corrected chi connectivity index (χ3v) is 1.92. The Bertz CT molecular complexity index is 141. The normalized spacial score (nSPS) is 9.29. The Kier molecular flexibility index (Phi) is 11.4. The summed E-state index contributed by atoms with van der Waals surface area (Å²) >= 11 is 0. The molecular formula is C11H22N2O. The van der Waals surface area contributed by atoms with Gasteiger partial charge in [0.1, 0.15) is 0 Å². The van der Waals surface area contributed by atoms with Crippen LogP contribution in [0, 0.1) is 0 Å². The lowest BCUT2D eigenvalue weighted by atomic mass is 10.1. The van der Waals surface area contributed by atoms with Crippen LogP contribution < -0.4 is 0 Å². The predicted molar refractivity (Wildman–Crippen MR) is 59.0 cm³/mol. The number of aliphatic hydroxyl groups is 1. The van der Waals surface area contributed by atoms with Crippen molar-refractivity contribution in [1.29, 1.82) is 0 Å². The molecule has 3 heteroatoms. The summed E-state index contributed by atoms with van der Waals surface area (Å²) in [5, 5.41) is 8.42. The molecule has 2 N–H and O–H groups in total. The first-order valence-corrected chi connectivity index (χ1v) is 5.45. The van der Waals surface area contributed by atoms with Crippen molar-refractivity contribution in [3.05, 3.63) is 18.7 Å². The summed E-state index contributed by atoms with van der Waals surface area (Å²) in [5.74, 6) is 0. The fourth-order valence-corrected chi connectivity index (χ4v) is 1.11. The van der Waals surface area contributed by atoms with Gasteiger partial charge in [0.15, 0.2) is 0 Å². The van der Waals surface area contributed by atoms with Gasteiger partial charge in [0, 0.05) is 19.0 Å². The molecule has 82 valence electrons. The number of aliphatic hydroxyl groups excluding tert-OH is 1. The predicted octanol–water partition coefficient (Wildman–Crippen LogP) is 2.75. The van der Waals surface area contributed by atoms with Crippen LogP contribution in [0.25, 0.3) is 0 Å². The fraction of sp³-hybridized carbons (Fsp3) is 0.727. The molecule has 1 heterocycles. The van der Waals surface area contributed by atoms with Gasteiger partial charge in [0.2, 0.25) is 0 Å². The van der Waals surface area contributed by atoms with Crippen molar-refractivity contribution < 1.29 is 5.11 Å². The molecule has 1 rings (SSSR count). The summed E-state index contributed by atoms with van der Waals surface area (Å²) in [6.07, 6.45) is 12.6. The number of hydrogen-bond acceptors (Lipinski definition) is 2. The van der Waals surface area contributed by atoms with Gasteiger partial charge in [0.25, 0.3) is 0 Å². The quantitative estimate of drug-likeness (QED) is 0.690. The number of aromatic amines is 1. The largest absolute Gasteiger partial charge is 0.396 e. The van der Waals surface area contributed by atoms with Crippen LogP contribution in [0.2, 0.25) is 0 Å². The summed E-state index contributed by atoms with van der Waals surface area (Å²) in [5.41, 5.74) is 0. The number of nitrogens with zero attached hydrogens (tertiary/aromatic N) is 1. The van der Waals surface area contributed by atoms with Gasteiger partial charge < -0.3 is 10.1 Å². The van der Waals surface area contributed by atoms with E-state index in [4.69, 9.17) is 5.11 Å². The highest BCUT2D eigenvalue weighted by Crippen LogP contribution is 2.03. The van der Waals surface area contributed by atoms with Gasteiger partial charge in [-0.05, 0) is 6.42 Å². The molecule has 0 aliphatic carbocycles. The minimum absolute atomic E-state index is 0.367. The first-order chi connectivity index (χ1) is 6.91. The van der Waals surface area contributed by atoms with Crippen molar-refractivity contribution in [3.8, 4) is 0 Å². The first kappa shape index (κ1) is 13.2. The second-order valence-electron chi connectivity index (χ2n) is 3.25. The number of aromatic nitrogens is 2. The van der Waals surface area contributed by atoms with Gasteiger partial charge in [-0.25, -0.2) is 4.98 Å². The van der Waals surface area contributed by atoms with E-state index >= 15 is 0 Å². The molecule has 0 saturated carbocycles. The third kappa shape index (κ3) is 11.2. The fourth-order valence-electron chi connectivity index (χ4n) is 1.11. The third-order valence-electron chi connectivity index (χ3n) is 1.92. The molecular weight excluding hydrogens is 176 g/mol. The highest BCUT2D eigenvalue weighted by Gasteiger charge is 1.86. The molecule has 0 fully saturated rings. The average Bonchev–Trinajstić information content (AvgIpc) is 2.76. The molecule has 1 aromatic heterocycles. The van der Waals surface area contributed by atoms with Gasteiger partial charge in [0.05, 0.1) is 6.33 Å². The minimum atomic E-state index is 0.367. The van der Waals surface area contributed by atoms with E-state index in [0.29, 0.717) is 6.61 Å². The van der Waals surface area contributed by atoms with Crippen molar-refractivity contribution in [2.45, 2.75) is 45.4 Å². The zero-order chi connectivity index (χ0) is 10.5. The monoisotopic (exact) mass is 198 g/mol. The Morgan fingerprint density at radius 1 is 1.14 bits per heavy atom. The van der Waals surface area contributed by atoms with Gasteiger partial charge in [-0.1, -0.05) is 39.0 Å². The Balaban J connectivity index is 0.000000280. The zero-order valence-electron chi connectivity index (χ0n) is 9.08. The molecule has 0 radical (unpaired) electrons. The number of imidazole rings is 1. The number of nitrogens with one attached hydrogen (secondary N) is 1. The number of rotatable bonds is 6. The molecule has 0 spiro atoms. The van der Waals surface area contributed by atoms with E-state index in [-0.39, 0.29) is 0 Å². The van der Waals surface area contributed by atoms with E-state index in [1.54, 1.807) is 18.7 Å². The molecule has 0 atom stereocenters. The van der Waals surface area contributed by atoms with Crippen molar-refractivity contribution in [2.75, 3.05) is 6.61 Å². The summed E-state index contributed by atoms with van der Waals surface area (Å²) in [7, 11) is 0. The molecule has 0 unspecified atom stereocenters. The molecule has 0 saturated heterocycles. The summed E-state index contributed by atoms with van der Waals surface area (Å²) in [6, 6.07) is 0. The lowest BCUT2D eigenvalue weighted by Gasteiger charge is -1.95. The Hall–Kier alpha value is -0.830. The highest BCUT2D eigenvalue weighted by molar-refractivity contribution is 4.64. The van der Waals surface area contributed by atoms with Gasteiger partial charge in [-0.3, -0.25) is 0 Å². The van der Waals surface area contributed by atoms with Crippen LogP contribution in [0.4, 0.5) is 0 Å². The maximum absolute atomic E-state index is 8.42. The highest BCUT2D eigenvalue weighted by atomic mass is 16.2. The van der Waals surface area contributed by atoms with E-state index in [1.807, 2.05) is 0 Å². The standard InChI is InChI=1S/C8H18O.C3H4N2/c1-2-3-4-5-6-7-8-9;1-2-5-3-4-1/h9H,2-8H2,1H3;1-3H,(H,4,5). The van der Waals surface area contributed by atoms with E-state index in [2.05, 4.69) is 16.9 Å². The Morgan fingerprint density at radius 3 is 2.29 bits per heavy atom. The number of unbranched alkanes of at least 4 members (excludes halogenated alkanes) is 5. The Labute approximate surface area is 86.6 Å². The second-order valence-corrected chi connectivity index (χ2v) is 3.25. The molecule has 0 amide bonds. The molecule has 14 heavy (non-hydrogen) atoms. The van der Waals surface area contributed by atoms with Gasteiger partial charge in [-0.2, -0.15) is 0 Å². The molecule has 0 aliphatic rings. The molecule has 0 aromatic carbocycles. The average molecular weight is 198 g/mol. The van der Waals surface area contributed by atoms with E-state index in [0.717, 1.165) is 6.42 Å². The van der Waals surface area contributed by atoms with Crippen molar-refractivity contribution in [1.82, 2.24) is 9.97 Å². The van der Waals surface area contributed by atoms with Gasteiger partial charge >= 0.3 is 0 Å². The van der Waals surface area contributed by atoms with Crippen molar-refractivity contribution in [2.24, 2.45) is 0 Å². The van der Waals surface area contributed by atoms with Crippen LogP contribution in [0.1, 0.15) is 45.4 Å². The topological polar surface area (TPSA) is 48.9 Å². The summed E-state index contributed by atoms with van der Waals surface area (Å²) < 4.78 is 0. The summed E-state index contributed by atoms with van der Waals surface area (Å²) in [4.78, 5) is 6.42. The molecule has 0 aliphatic heterocycles. The molecule has 0 bridgehead atoms. The molecule has 1 aromatic rings. The zero-order valence-corrected chi connectivity index (χ0v) is 9.08. The summed E-state index contributed by atoms with van der Waals surface area (Å²) in [6.45, 7) is 2.58. The van der Waals surface area contributed by atoms with Crippen molar-refractivity contribution in [3.63, 3.8) is 0 Å². The second kappa shape index (κ2) is 12.2. The SMILES string of the molecule is CCCCCCCCO.c1c[nH]cn1. The van der Waals surface area contributed by atoms with Gasteiger partial charge in [-0.15, -0.1) is 0 Å². The van der Waals surface area contributed by atoms with Crippen molar-refractivity contribution >= 4 is 0 Å². The lowest BCUT2D eigenvalue weighted by molar-refractivity contribution is 0.282. The van der Waals surface area contributed by atoms with Crippen LogP contribution in [0.5, 0.6) is 0 Å². The van der Waals surface area contributed by atoms with E-state index < -0.39 is 0 Å². The van der Waals surface area contributed by atoms with Crippen LogP contribution in [0.15, 0.2) is 18.7 Å². The van der Waals surface area contributed by atoms with Crippen LogP contribution >= 0.6 is 0 Å². The molecule has 3 nitrogen and oxygen atoms in total. The minimum Gasteiger partial charge on any atom is -0.396 e. The first-order valence-electron chi connectivity index (χ1n) is 5.45. The van der Waals surface area contributed by atoms with E-state index in [1.165, 1.54) is 32.1 Å². The Morgan fingerprint density at radius 2 is 1.86 bits per heavy atom. The smallest absolute Gasteiger partial charge is 0.0919 e. The maximum atomic E-state index is 8.42. The van der Waals surface area contributed by atoms with E-state index in [9.17, 15) is 0 Å². The lowest BCUT2D eigenvalue weighted by Crippen LogP contribution is -1.82. The number of hydrogen-bond donors (Lipinski definition) is 2. The van der Waals surface area contributed by atoms with Crippen LogP contribution in [-0.2, 0) is 0 Å². The van der Waals surface area contributed by atoms with Crippen LogP contribution in [-0.4, -0.2) is 21.7 Å². The number of H-pyrrole nitrogens is 1.